The van der Waals surface area contributed by atoms with Crippen LogP contribution in [0.25, 0.3) is 0 Å². The Bertz CT molecular complexity index is 547. The molecule has 0 aromatic carbocycles. The molecule has 25 heavy (non-hydrogen) atoms. The van der Waals surface area contributed by atoms with Gasteiger partial charge in [-0.05, 0) is 56.5 Å². The highest BCUT2D eigenvalue weighted by molar-refractivity contribution is 5.91. The molecule has 3 rings (SSSR count). The van der Waals surface area contributed by atoms with Crippen LogP contribution in [0, 0.1) is 11.3 Å². The van der Waals surface area contributed by atoms with Gasteiger partial charge in [0.15, 0.2) is 5.69 Å². The van der Waals surface area contributed by atoms with Crippen molar-refractivity contribution in [3.8, 4) is 0 Å². The molecule has 0 unspecified atom stereocenters. The van der Waals surface area contributed by atoms with E-state index in [0.29, 0.717) is 17.7 Å². The van der Waals surface area contributed by atoms with Gasteiger partial charge in [0.25, 0.3) is 5.91 Å². The van der Waals surface area contributed by atoms with E-state index < -0.39 is 0 Å². The summed E-state index contributed by atoms with van der Waals surface area (Å²) in [4.78, 5) is 12.5. The van der Waals surface area contributed by atoms with Crippen LogP contribution in [-0.2, 0) is 0 Å². The van der Waals surface area contributed by atoms with Crippen LogP contribution in [0.2, 0.25) is 0 Å². The Hall–Kier alpha value is -1.14. The first kappa shape index (κ1) is 20.2. The number of halogens is 1. The molecule has 0 spiro atoms. The molecule has 2 heterocycles. The third-order valence-corrected chi connectivity index (χ3v) is 5.56. The standard InChI is InChI=1S/C18H31N5O.ClH/c1-14(2)11-18(7-3-4-8-18)13-20-17(24)16-12-23(22-21-16)15-5-9-19-10-6-15;/h12,14-15,19H,3-11,13H2,1-2H3,(H,20,24);1H. The van der Waals surface area contributed by atoms with E-state index in [0.717, 1.165) is 32.5 Å². The normalized spacial score (nSPS) is 20.4. The average Bonchev–Trinajstić information content (AvgIpc) is 3.23. The Balaban J connectivity index is 0.00000225. The first-order valence-electron chi connectivity index (χ1n) is 9.49. The maximum absolute atomic E-state index is 12.5. The number of carbonyl (C=O) groups is 1. The first-order chi connectivity index (χ1) is 11.6. The minimum Gasteiger partial charge on any atom is -0.350 e. The maximum Gasteiger partial charge on any atom is 0.273 e. The lowest BCUT2D eigenvalue weighted by Crippen LogP contribution is -2.37. The number of hydrogen-bond donors (Lipinski definition) is 2. The average molecular weight is 370 g/mol. The van der Waals surface area contributed by atoms with Crippen LogP contribution in [0.4, 0.5) is 0 Å². The van der Waals surface area contributed by atoms with Gasteiger partial charge in [-0.25, -0.2) is 4.68 Å². The van der Waals surface area contributed by atoms with Crippen molar-refractivity contribution < 1.29 is 4.79 Å². The Morgan fingerprint density at radius 2 is 2.04 bits per heavy atom. The summed E-state index contributed by atoms with van der Waals surface area (Å²) >= 11 is 0. The fourth-order valence-corrected chi connectivity index (χ4v) is 4.43. The van der Waals surface area contributed by atoms with Crippen molar-refractivity contribution in [2.45, 2.75) is 64.8 Å². The van der Waals surface area contributed by atoms with E-state index in [1.807, 2.05) is 10.9 Å². The van der Waals surface area contributed by atoms with Crippen LogP contribution >= 0.6 is 12.4 Å². The second-order valence-electron chi connectivity index (χ2n) is 8.05. The molecule has 2 aliphatic rings. The Labute approximate surface area is 156 Å². The summed E-state index contributed by atoms with van der Waals surface area (Å²) in [6, 6.07) is 0.363. The van der Waals surface area contributed by atoms with Crippen molar-refractivity contribution in [3.63, 3.8) is 0 Å². The Morgan fingerprint density at radius 1 is 1.36 bits per heavy atom. The van der Waals surface area contributed by atoms with E-state index in [9.17, 15) is 4.79 Å². The summed E-state index contributed by atoms with van der Waals surface area (Å²) in [6.45, 7) is 7.32. The lowest BCUT2D eigenvalue weighted by molar-refractivity contribution is 0.0916. The number of rotatable bonds is 6. The van der Waals surface area contributed by atoms with Gasteiger partial charge in [-0.2, -0.15) is 0 Å². The van der Waals surface area contributed by atoms with E-state index in [-0.39, 0.29) is 23.7 Å². The van der Waals surface area contributed by atoms with Gasteiger partial charge < -0.3 is 10.6 Å². The van der Waals surface area contributed by atoms with Gasteiger partial charge in [-0.15, -0.1) is 17.5 Å². The summed E-state index contributed by atoms with van der Waals surface area (Å²) in [6.07, 6.45) is 10.1. The van der Waals surface area contributed by atoms with Gasteiger partial charge in [0.2, 0.25) is 0 Å². The number of amides is 1. The number of nitrogens with zero attached hydrogens (tertiary/aromatic N) is 3. The van der Waals surface area contributed by atoms with Crippen LogP contribution in [0.15, 0.2) is 6.20 Å². The van der Waals surface area contributed by atoms with Crippen molar-refractivity contribution in [2.75, 3.05) is 19.6 Å². The number of piperidine rings is 1. The van der Waals surface area contributed by atoms with Gasteiger partial charge in [-0.3, -0.25) is 4.79 Å². The van der Waals surface area contributed by atoms with Crippen LogP contribution in [0.1, 0.15) is 75.3 Å². The summed E-state index contributed by atoms with van der Waals surface area (Å²) in [7, 11) is 0. The molecule has 1 amide bonds. The third kappa shape index (κ3) is 5.17. The maximum atomic E-state index is 12.5. The largest absolute Gasteiger partial charge is 0.350 e. The van der Waals surface area contributed by atoms with Crippen molar-refractivity contribution in [1.29, 1.82) is 0 Å². The smallest absolute Gasteiger partial charge is 0.273 e. The zero-order valence-electron chi connectivity index (χ0n) is 15.5. The third-order valence-electron chi connectivity index (χ3n) is 5.56. The van der Waals surface area contributed by atoms with E-state index in [1.165, 1.54) is 32.1 Å². The van der Waals surface area contributed by atoms with Gasteiger partial charge in [0.1, 0.15) is 0 Å². The monoisotopic (exact) mass is 369 g/mol. The van der Waals surface area contributed by atoms with Gasteiger partial charge in [0.05, 0.1) is 12.2 Å². The lowest BCUT2D eigenvalue weighted by Gasteiger charge is -2.31. The molecule has 1 aliphatic carbocycles. The van der Waals surface area contributed by atoms with E-state index in [2.05, 4.69) is 34.8 Å². The van der Waals surface area contributed by atoms with E-state index in [1.54, 1.807) is 0 Å². The highest BCUT2D eigenvalue weighted by Crippen LogP contribution is 2.42. The van der Waals surface area contributed by atoms with Crippen molar-refractivity contribution >= 4 is 18.3 Å². The molecule has 1 saturated heterocycles. The fraction of sp³-hybridized carbons (Fsp3) is 0.833. The van der Waals surface area contributed by atoms with Gasteiger partial charge >= 0.3 is 0 Å². The zero-order chi connectivity index (χ0) is 17.0. The zero-order valence-corrected chi connectivity index (χ0v) is 16.3. The summed E-state index contributed by atoms with van der Waals surface area (Å²) in [5.74, 6) is 0.589. The fourth-order valence-electron chi connectivity index (χ4n) is 4.43. The molecule has 1 aromatic rings. The van der Waals surface area contributed by atoms with Crippen LogP contribution < -0.4 is 10.6 Å². The molecule has 2 N–H and O–H groups in total. The Morgan fingerprint density at radius 3 is 2.68 bits per heavy atom. The van der Waals surface area contributed by atoms with E-state index >= 15 is 0 Å². The second kappa shape index (κ2) is 8.99. The number of carbonyl (C=O) groups excluding carboxylic acids is 1. The van der Waals surface area contributed by atoms with Gasteiger partial charge in [0, 0.05) is 6.54 Å². The minimum atomic E-state index is -0.0785. The molecule has 1 saturated carbocycles. The van der Waals surface area contributed by atoms with Crippen LogP contribution in [-0.4, -0.2) is 40.5 Å². The quantitative estimate of drug-likeness (QED) is 0.808. The molecule has 1 aliphatic heterocycles. The first-order valence-corrected chi connectivity index (χ1v) is 9.49. The molecule has 0 bridgehead atoms. The number of nitrogens with one attached hydrogen (secondary N) is 2. The molecule has 0 radical (unpaired) electrons. The molecule has 2 fully saturated rings. The van der Waals surface area contributed by atoms with Crippen molar-refractivity contribution in [1.82, 2.24) is 25.6 Å². The molecule has 6 nitrogen and oxygen atoms in total. The number of hydrogen-bond acceptors (Lipinski definition) is 4. The van der Waals surface area contributed by atoms with Gasteiger partial charge in [-0.1, -0.05) is 31.9 Å². The predicted molar refractivity (Wildman–Crippen MR) is 101 cm³/mol. The van der Waals surface area contributed by atoms with Crippen LogP contribution in [0.3, 0.4) is 0 Å². The summed E-state index contributed by atoms with van der Waals surface area (Å²) in [5.41, 5.74) is 0.737. The molecule has 142 valence electrons. The topological polar surface area (TPSA) is 71.8 Å². The number of aromatic nitrogens is 3. The van der Waals surface area contributed by atoms with Crippen molar-refractivity contribution in [3.05, 3.63) is 11.9 Å². The molecular formula is C18H32ClN5O. The highest BCUT2D eigenvalue weighted by Gasteiger charge is 2.34. The van der Waals surface area contributed by atoms with Crippen LogP contribution in [0.5, 0.6) is 0 Å². The molecular weight excluding hydrogens is 338 g/mol. The predicted octanol–water partition coefficient (Wildman–Crippen LogP) is 2.96. The highest BCUT2D eigenvalue weighted by atomic mass is 35.5. The molecule has 7 heteroatoms. The summed E-state index contributed by atoms with van der Waals surface area (Å²) in [5, 5.41) is 14.8. The second-order valence-corrected chi connectivity index (χ2v) is 8.05. The van der Waals surface area contributed by atoms with E-state index in [4.69, 9.17) is 0 Å². The molecule has 1 aromatic heterocycles. The SMILES string of the molecule is CC(C)CC1(CNC(=O)c2cn(C3CCNCC3)nn2)CCCC1.Cl. The summed E-state index contributed by atoms with van der Waals surface area (Å²) < 4.78 is 1.87. The molecule has 0 atom stereocenters. The lowest BCUT2D eigenvalue weighted by atomic mass is 9.78. The minimum absolute atomic E-state index is 0. The van der Waals surface area contributed by atoms with Crippen molar-refractivity contribution in [2.24, 2.45) is 11.3 Å². The Kier molecular flexibility index (Phi) is 7.25.